The lowest BCUT2D eigenvalue weighted by atomic mass is 10.5. The maximum atomic E-state index is 12.6. The van der Waals surface area contributed by atoms with E-state index in [1.165, 1.54) is 0 Å². The number of rotatable bonds is 4. The number of nitrogens with zero attached hydrogens (tertiary/aromatic N) is 1. The Morgan fingerprint density at radius 2 is 1.69 bits per heavy atom. The van der Waals surface area contributed by atoms with Crippen molar-refractivity contribution in [2.75, 3.05) is 14.1 Å². The number of halogens is 4. The highest BCUT2D eigenvalue weighted by Crippen LogP contribution is 2.30. The first-order chi connectivity index (χ1) is 5.61. The highest BCUT2D eigenvalue weighted by atomic mass is 32.2. The van der Waals surface area contributed by atoms with Crippen molar-refractivity contribution in [3.63, 3.8) is 0 Å². The van der Waals surface area contributed by atoms with Gasteiger partial charge in [-0.3, -0.25) is 0 Å². The van der Waals surface area contributed by atoms with Crippen molar-refractivity contribution in [3.8, 4) is 0 Å². The van der Waals surface area contributed by atoms with Gasteiger partial charge in [0, 0.05) is 14.1 Å². The molecule has 0 saturated heterocycles. The summed E-state index contributed by atoms with van der Waals surface area (Å²) >= 11 is 0. The minimum atomic E-state index is -4.95. The quantitative estimate of drug-likeness (QED) is 0.670. The van der Waals surface area contributed by atoms with Gasteiger partial charge < -0.3 is 0 Å². The zero-order valence-electron chi connectivity index (χ0n) is 6.97. The first kappa shape index (κ1) is 12.6. The molecule has 0 aliphatic rings. The van der Waals surface area contributed by atoms with Crippen LogP contribution < -0.4 is 0 Å². The Morgan fingerprint density at radius 1 is 1.31 bits per heavy atom. The summed E-state index contributed by atoms with van der Waals surface area (Å²) in [5, 5.41) is -4.41. The van der Waals surface area contributed by atoms with E-state index in [9.17, 15) is 26.0 Å². The Balaban J connectivity index is 4.83. The van der Waals surface area contributed by atoms with E-state index in [1.54, 1.807) is 0 Å². The predicted molar refractivity (Wildman–Crippen MR) is 38.2 cm³/mol. The minimum absolute atomic E-state index is 0.218. The maximum Gasteiger partial charge on any atom is 0.364 e. The van der Waals surface area contributed by atoms with E-state index in [1.807, 2.05) is 0 Å². The van der Waals surface area contributed by atoms with Crippen LogP contribution in [0, 0.1) is 0 Å². The highest BCUT2D eigenvalue weighted by molar-refractivity contribution is 7.90. The summed E-state index contributed by atoms with van der Waals surface area (Å²) in [7, 11) is -3.24. The van der Waals surface area contributed by atoms with Gasteiger partial charge in [0.05, 0.1) is 6.42 Å². The zero-order chi connectivity index (χ0) is 10.9. The number of hydrogen-bond donors (Lipinski definition) is 0. The molecular weight excluding hydrogens is 214 g/mol. The van der Waals surface area contributed by atoms with E-state index in [-0.39, 0.29) is 4.31 Å². The molecule has 0 rings (SSSR count). The maximum absolute atomic E-state index is 12.6. The number of alkyl halides is 4. The van der Waals surface area contributed by atoms with Crippen molar-refractivity contribution in [2.24, 2.45) is 0 Å². The lowest BCUT2D eigenvalue weighted by Crippen LogP contribution is -2.40. The first-order valence-corrected chi connectivity index (χ1v) is 4.63. The van der Waals surface area contributed by atoms with Crippen LogP contribution in [0.4, 0.5) is 17.6 Å². The predicted octanol–water partition coefficient (Wildman–Crippen LogP) is 1.13. The van der Waals surface area contributed by atoms with Gasteiger partial charge in [0.25, 0.3) is 10.0 Å². The SMILES string of the molecule is CN(C)S(=O)(=O)C(F)(F)CC(F)F. The molecule has 0 bridgehead atoms. The first-order valence-electron chi connectivity index (χ1n) is 3.19. The van der Waals surface area contributed by atoms with Gasteiger partial charge in [0.1, 0.15) is 0 Å². The smallest absolute Gasteiger partial charge is 0.210 e. The molecule has 0 aromatic heterocycles. The molecule has 0 radical (unpaired) electrons. The highest BCUT2D eigenvalue weighted by Gasteiger charge is 2.48. The van der Waals surface area contributed by atoms with Gasteiger partial charge in [0.15, 0.2) is 0 Å². The van der Waals surface area contributed by atoms with E-state index >= 15 is 0 Å². The summed E-state index contributed by atoms with van der Waals surface area (Å²) in [5.41, 5.74) is 0. The molecule has 8 heteroatoms. The third kappa shape index (κ3) is 2.80. The van der Waals surface area contributed by atoms with Gasteiger partial charge in [-0.05, 0) is 0 Å². The van der Waals surface area contributed by atoms with Crippen LogP contribution in [0.5, 0.6) is 0 Å². The lowest BCUT2D eigenvalue weighted by Gasteiger charge is -2.20. The van der Waals surface area contributed by atoms with E-state index in [2.05, 4.69) is 0 Å². The Hall–Kier alpha value is -0.370. The van der Waals surface area contributed by atoms with Gasteiger partial charge in [-0.25, -0.2) is 21.5 Å². The normalized spacial score (nSPS) is 14.2. The molecule has 0 atom stereocenters. The molecule has 0 heterocycles. The fraction of sp³-hybridized carbons (Fsp3) is 1.00. The lowest BCUT2D eigenvalue weighted by molar-refractivity contribution is 0.00783. The zero-order valence-corrected chi connectivity index (χ0v) is 7.78. The fourth-order valence-electron chi connectivity index (χ4n) is 0.552. The molecule has 0 N–H and O–H groups in total. The van der Waals surface area contributed by atoms with Gasteiger partial charge in [0.2, 0.25) is 6.43 Å². The molecule has 0 amide bonds. The summed E-state index contributed by atoms with van der Waals surface area (Å²) < 4.78 is 70.0. The molecule has 0 aromatic rings. The molecule has 0 aromatic carbocycles. The van der Waals surface area contributed by atoms with Crippen LogP contribution in [0.3, 0.4) is 0 Å². The van der Waals surface area contributed by atoms with Crippen LogP contribution in [0.1, 0.15) is 6.42 Å². The van der Waals surface area contributed by atoms with E-state index in [4.69, 9.17) is 0 Å². The van der Waals surface area contributed by atoms with E-state index < -0.39 is 28.1 Å². The van der Waals surface area contributed by atoms with Crippen molar-refractivity contribution >= 4 is 10.0 Å². The second-order valence-electron chi connectivity index (χ2n) is 2.52. The molecule has 80 valence electrons. The Bertz CT molecular complexity index is 262. The van der Waals surface area contributed by atoms with Crippen molar-refractivity contribution in [2.45, 2.75) is 18.1 Å². The van der Waals surface area contributed by atoms with Crippen molar-refractivity contribution in [1.29, 1.82) is 0 Å². The Labute approximate surface area is 73.4 Å². The van der Waals surface area contributed by atoms with Crippen LogP contribution in [-0.2, 0) is 10.0 Å². The molecule has 0 fully saturated rings. The molecule has 0 unspecified atom stereocenters. The average Bonchev–Trinajstić information content (AvgIpc) is 1.83. The third-order valence-electron chi connectivity index (χ3n) is 1.25. The largest absolute Gasteiger partial charge is 0.364 e. The second kappa shape index (κ2) is 3.79. The van der Waals surface area contributed by atoms with Crippen LogP contribution in [0.25, 0.3) is 0 Å². The van der Waals surface area contributed by atoms with E-state index in [0.717, 1.165) is 14.1 Å². The van der Waals surface area contributed by atoms with Crippen LogP contribution in [0.15, 0.2) is 0 Å². The van der Waals surface area contributed by atoms with Crippen LogP contribution >= 0.6 is 0 Å². The summed E-state index contributed by atoms with van der Waals surface area (Å²) in [6.07, 6.45) is -5.34. The van der Waals surface area contributed by atoms with Crippen molar-refractivity contribution in [1.82, 2.24) is 4.31 Å². The monoisotopic (exact) mass is 223 g/mol. The molecule has 0 saturated carbocycles. The summed E-state index contributed by atoms with van der Waals surface area (Å²) in [4.78, 5) is 0. The molecule has 0 aliphatic heterocycles. The molecule has 0 spiro atoms. The molecule has 3 nitrogen and oxygen atoms in total. The number of sulfonamides is 1. The molecule has 0 aliphatic carbocycles. The van der Waals surface area contributed by atoms with Crippen LogP contribution in [-0.4, -0.2) is 38.5 Å². The van der Waals surface area contributed by atoms with E-state index in [0.29, 0.717) is 0 Å². The van der Waals surface area contributed by atoms with Gasteiger partial charge in [-0.1, -0.05) is 0 Å². The van der Waals surface area contributed by atoms with Gasteiger partial charge in [-0.2, -0.15) is 8.78 Å². The van der Waals surface area contributed by atoms with Crippen molar-refractivity contribution < 1.29 is 26.0 Å². The van der Waals surface area contributed by atoms with Gasteiger partial charge in [-0.15, -0.1) is 0 Å². The Kier molecular flexibility index (Phi) is 3.68. The van der Waals surface area contributed by atoms with Gasteiger partial charge >= 0.3 is 5.25 Å². The fourth-order valence-corrected chi connectivity index (χ4v) is 1.42. The number of hydrogen-bond acceptors (Lipinski definition) is 2. The van der Waals surface area contributed by atoms with Crippen LogP contribution in [0.2, 0.25) is 0 Å². The third-order valence-corrected chi connectivity index (χ3v) is 3.13. The summed E-state index contributed by atoms with van der Waals surface area (Å²) in [6.45, 7) is 0. The molecular formula is C5H9F4NO2S. The summed E-state index contributed by atoms with van der Waals surface area (Å²) in [6, 6.07) is 0. The average molecular weight is 223 g/mol. The Morgan fingerprint density at radius 3 is 1.92 bits per heavy atom. The summed E-state index contributed by atoms with van der Waals surface area (Å²) in [5.74, 6) is 0. The topological polar surface area (TPSA) is 37.4 Å². The second-order valence-corrected chi connectivity index (χ2v) is 4.80. The minimum Gasteiger partial charge on any atom is -0.210 e. The van der Waals surface area contributed by atoms with Crippen molar-refractivity contribution in [3.05, 3.63) is 0 Å². The standard InChI is InChI=1S/C5H9F4NO2S/c1-10(2)13(11,12)5(8,9)3-4(6)7/h4H,3H2,1-2H3. The molecule has 13 heavy (non-hydrogen) atoms.